The van der Waals surface area contributed by atoms with Crippen LogP contribution in [-0.2, 0) is 0 Å². The highest BCUT2D eigenvalue weighted by atomic mass is 127. The zero-order valence-electron chi connectivity index (χ0n) is 6.43. The van der Waals surface area contributed by atoms with Crippen LogP contribution in [0.15, 0.2) is 0 Å². The van der Waals surface area contributed by atoms with Crippen LogP contribution in [0.4, 0.5) is 5.82 Å². The Morgan fingerprint density at radius 3 is 2.38 bits per heavy atom. The van der Waals surface area contributed by atoms with E-state index in [4.69, 9.17) is 0 Å². The van der Waals surface area contributed by atoms with E-state index in [1.54, 1.807) is 0 Å². The van der Waals surface area contributed by atoms with Crippen molar-refractivity contribution < 1.29 is 9.72 Å². The Kier molecular flexibility index (Phi) is 3.27. The third-order valence-corrected chi connectivity index (χ3v) is 4.33. The molecular formula is C6H4I2N2O3. The van der Waals surface area contributed by atoms with Crippen LogP contribution < -0.4 is 0 Å². The first-order valence-electron chi connectivity index (χ1n) is 3.17. The summed E-state index contributed by atoms with van der Waals surface area (Å²) in [6, 6.07) is 0. The van der Waals surface area contributed by atoms with Gasteiger partial charge in [-0.05, 0) is 34.4 Å². The van der Waals surface area contributed by atoms with Crippen LogP contribution in [-0.4, -0.2) is 15.7 Å². The fourth-order valence-electron chi connectivity index (χ4n) is 0.893. The molecule has 7 heteroatoms. The number of carbonyl (C=O) groups is 1. The van der Waals surface area contributed by atoms with Gasteiger partial charge in [0.15, 0.2) is 9.48 Å². The maximum atomic E-state index is 11.1. The number of hydrogen-bond donors (Lipinski definition) is 1. The lowest BCUT2D eigenvalue weighted by Crippen LogP contribution is -1.98. The number of ketones is 1. The summed E-state index contributed by atoms with van der Waals surface area (Å²) in [5.41, 5.74) is 0.162. The molecule has 1 heterocycles. The van der Waals surface area contributed by atoms with Gasteiger partial charge in [0.1, 0.15) is 5.56 Å². The Hall–Kier alpha value is -0.190. The number of Topliss-reactive ketones (excluding diaryl/α,β-unsaturated/α-hetero) is 1. The third-order valence-electron chi connectivity index (χ3n) is 1.41. The molecule has 0 radical (unpaired) electrons. The predicted molar refractivity (Wildman–Crippen MR) is 62.9 cm³/mol. The van der Waals surface area contributed by atoms with E-state index in [0.29, 0.717) is 7.27 Å². The van der Waals surface area contributed by atoms with Crippen LogP contribution in [0.5, 0.6) is 0 Å². The molecule has 5 nitrogen and oxygen atoms in total. The summed E-state index contributed by atoms with van der Waals surface area (Å²) >= 11 is 3.83. The number of rotatable bonds is 2. The Labute approximate surface area is 101 Å². The first-order valence-corrected chi connectivity index (χ1v) is 5.33. The lowest BCUT2D eigenvalue weighted by molar-refractivity contribution is -0.389. The molecule has 0 saturated carbocycles. The van der Waals surface area contributed by atoms with Gasteiger partial charge in [0, 0.05) is 22.6 Å². The van der Waals surface area contributed by atoms with Gasteiger partial charge in [-0.2, -0.15) is 0 Å². The van der Waals surface area contributed by atoms with E-state index < -0.39 is 4.92 Å². The minimum atomic E-state index is -0.582. The number of nitrogens with zero attached hydrogens (tertiary/aromatic N) is 1. The molecule has 0 aliphatic carbocycles. The van der Waals surface area contributed by atoms with Crippen molar-refractivity contribution in [2.45, 2.75) is 6.92 Å². The standard InChI is InChI=1S/C6H4I2N2O3/c1-2(11)3-4(7)5(8)9-6(3)10(12)13/h9H,1H3. The van der Waals surface area contributed by atoms with E-state index in [1.165, 1.54) is 6.92 Å². The summed E-state index contributed by atoms with van der Waals surface area (Å²) in [5, 5.41) is 10.5. The molecule has 1 aromatic heterocycles. The zero-order valence-corrected chi connectivity index (χ0v) is 10.7. The first-order chi connectivity index (χ1) is 5.95. The summed E-state index contributed by atoms with van der Waals surface area (Å²) in [7, 11) is 0. The van der Waals surface area contributed by atoms with Crippen molar-refractivity contribution >= 4 is 56.8 Å². The molecule has 70 valence electrons. The molecule has 0 aromatic carbocycles. The van der Waals surface area contributed by atoms with Crippen molar-refractivity contribution in [2.75, 3.05) is 0 Å². The minimum Gasteiger partial charge on any atom is -0.358 e. The van der Waals surface area contributed by atoms with Crippen molar-refractivity contribution in [3.8, 4) is 0 Å². The summed E-state index contributed by atoms with van der Waals surface area (Å²) in [5.74, 6) is -0.517. The number of nitrogens with one attached hydrogen (secondary N) is 1. The largest absolute Gasteiger partial charge is 0.358 e. The molecule has 13 heavy (non-hydrogen) atoms. The van der Waals surface area contributed by atoms with Gasteiger partial charge in [0.05, 0.1) is 3.57 Å². The van der Waals surface area contributed by atoms with Gasteiger partial charge in [-0.15, -0.1) is 0 Å². The number of halogens is 2. The van der Waals surface area contributed by atoms with Crippen LogP contribution >= 0.6 is 45.2 Å². The molecule has 0 amide bonds. The second kappa shape index (κ2) is 3.90. The summed E-state index contributed by atoms with van der Waals surface area (Å²) in [6.07, 6.45) is 0. The van der Waals surface area contributed by atoms with Crippen molar-refractivity contribution in [1.82, 2.24) is 4.98 Å². The molecule has 0 aliphatic rings. The second-order valence-electron chi connectivity index (χ2n) is 2.29. The van der Waals surface area contributed by atoms with Gasteiger partial charge in [0.25, 0.3) is 0 Å². The lowest BCUT2D eigenvalue weighted by Gasteiger charge is -1.93. The van der Waals surface area contributed by atoms with Crippen molar-refractivity contribution in [3.05, 3.63) is 22.9 Å². The normalized spacial score (nSPS) is 10.1. The minimum absolute atomic E-state index is 0.162. The topological polar surface area (TPSA) is 76.0 Å². The molecule has 1 rings (SSSR count). The van der Waals surface area contributed by atoms with Crippen LogP contribution in [0.3, 0.4) is 0 Å². The Morgan fingerprint density at radius 1 is 1.54 bits per heavy atom. The Bertz CT molecular complexity index is 385. The van der Waals surface area contributed by atoms with Gasteiger partial charge in [-0.1, -0.05) is 0 Å². The number of aromatic amines is 1. The van der Waals surface area contributed by atoms with Crippen LogP contribution in [0.1, 0.15) is 17.3 Å². The molecule has 1 aromatic rings. The van der Waals surface area contributed by atoms with E-state index in [0.717, 1.165) is 0 Å². The van der Waals surface area contributed by atoms with Crippen molar-refractivity contribution in [1.29, 1.82) is 0 Å². The van der Waals surface area contributed by atoms with Gasteiger partial charge in [0.2, 0.25) is 0 Å². The molecular weight excluding hydrogens is 402 g/mol. The molecule has 0 fully saturated rings. The highest BCUT2D eigenvalue weighted by Gasteiger charge is 2.25. The Balaban J connectivity index is 3.44. The van der Waals surface area contributed by atoms with Gasteiger partial charge >= 0.3 is 5.82 Å². The summed E-state index contributed by atoms with van der Waals surface area (Å²) in [4.78, 5) is 23.6. The third kappa shape index (κ3) is 2.00. The highest BCUT2D eigenvalue weighted by Crippen LogP contribution is 2.27. The fraction of sp³-hybridized carbons (Fsp3) is 0.167. The number of H-pyrrole nitrogens is 1. The highest BCUT2D eigenvalue weighted by molar-refractivity contribution is 14.1. The van der Waals surface area contributed by atoms with Crippen LogP contribution in [0.25, 0.3) is 0 Å². The number of hydrogen-bond acceptors (Lipinski definition) is 3. The van der Waals surface area contributed by atoms with Gasteiger partial charge in [-0.25, -0.2) is 4.98 Å². The molecule has 0 spiro atoms. The summed E-state index contributed by atoms with van der Waals surface area (Å²) in [6.45, 7) is 1.31. The molecule has 1 N–H and O–H groups in total. The van der Waals surface area contributed by atoms with E-state index in [1.807, 2.05) is 45.2 Å². The monoisotopic (exact) mass is 406 g/mol. The van der Waals surface area contributed by atoms with Crippen LogP contribution in [0.2, 0.25) is 0 Å². The molecule has 0 atom stereocenters. The molecule has 0 bridgehead atoms. The second-order valence-corrected chi connectivity index (χ2v) is 4.45. The van der Waals surface area contributed by atoms with Gasteiger partial charge in [-0.3, -0.25) is 4.79 Å². The lowest BCUT2D eigenvalue weighted by atomic mass is 10.2. The molecule has 0 saturated heterocycles. The van der Waals surface area contributed by atoms with Crippen LogP contribution in [0, 0.1) is 17.4 Å². The first kappa shape index (κ1) is 10.9. The molecule has 0 aliphatic heterocycles. The van der Waals surface area contributed by atoms with Crippen molar-refractivity contribution in [3.63, 3.8) is 0 Å². The summed E-state index contributed by atoms with van der Waals surface area (Å²) < 4.78 is 1.23. The fourth-order valence-corrected chi connectivity index (χ4v) is 2.19. The predicted octanol–water partition coefficient (Wildman–Crippen LogP) is 2.33. The smallest absolute Gasteiger partial charge is 0.333 e. The molecule has 0 unspecified atom stereocenters. The zero-order chi connectivity index (χ0) is 10.2. The maximum absolute atomic E-state index is 11.1. The Morgan fingerprint density at radius 2 is 2.08 bits per heavy atom. The van der Waals surface area contributed by atoms with E-state index >= 15 is 0 Å². The average Bonchev–Trinajstić information content (AvgIpc) is 2.28. The SMILES string of the molecule is CC(=O)c1c([N+](=O)[O-])[nH]c(I)c1I. The van der Waals surface area contributed by atoms with E-state index in [-0.39, 0.29) is 17.2 Å². The number of aromatic nitrogens is 1. The van der Waals surface area contributed by atoms with E-state index in [2.05, 4.69) is 4.98 Å². The average molecular weight is 406 g/mol. The number of carbonyl (C=O) groups excluding carboxylic acids is 1. The quantitative estimate of drug-likeness (QED) is 0.355. The van der Waals surface area contributed by atoms with Gasteiger partial charge < -0.3 is 10.1 Å². The number of nitro groups is 1. The maximum Gasteiger partial charge on any atom is 0.333 e. The van der Waals surface area contributed by atoms with Crippen molar-refractivity contribution in [2.24, 2.45) is 0 Å². The van der Waals surface area contributed by atoms with E-state index in [9.17, 15) is 14.9 Å².